The van der Waals surface area contributed by atoms with Crippen molar-refractivity contribution >= 4 is 17.6 Å². The Hall–Kier alpha value is -3.23. The van der Waals surface area contributed by atoms with Crippen LogP contribution in [0, 0.1) is 5.82 Å². The normalized spacial score (nSPS) is 20.4. The number of anilines is 1. The molecule has 2 aromatic rings. The van der Waals surface area contributed by atoms with Gasteiger partial charge in [-0.25, -0.2) is 9.18 Å². The number of aliphatic hydroxyl groups is 1. The molecule has 3 rings (SSSR count). The van der Waals surface area contributed by atoms with E-state index in [1.807, 2.05) is 30.3 Å². The van der Waals surface area contributed by atoms with E-state index >= 15 is 0 Å². The predicted molar refractivity (Wildman–Crippen MR) is 110 cm³/mol. The van der Waals surface area contributed by atoms with E-state index in [1.165, 1.54) is 18.2 Å². The van der Waals surface area contributed by atoms with Crippen LogP contribution in [-0.2, 0) is 16.1 Å². The van der Waals surface area contributed by atoms with Crippen molar-refractivity contribution in [1.29, 1.82) is 0 Å². The number of amides is 3. The number of hydrogen-bond donors (Lipinski definition) is 4. The molecule has 0 spiro atoms. The first-order valence-electron chi connectivity index (χ1n) is 9.62. The third-order valence-electron chi connectivity index (χ3n) is 4.60. The number of para-hydroxylation sites is 1. The lowest BCUT2D eigenvalue weighted by Gasteiger charge is -2.31. The first-order valence-corrected chi connectivity index (χ1v) is 9.62. The smallest absolute Gasteiger partial charge is 0.319 e. The summed E-state index contributed by atoms with van der Waals surface area (Å²) in [4.78, 5) is 24.3. The number of halogens is 1. The molecule has 1 aliphatic heterocycles. The molecule has 0 saturated heterocycles. The van der Waals surface area contributed by atoms with Crippen LogP contribution in [0.25, 0.3) is 0 Å². The van der Waals surface area contributed by atoms with Crippen LogP contribution in [0.5, 0.6) is 0 Å². The van der Waals surface area contributed by atoms with E-state index in [4.69, 9.17) is 4.74 Å². The van der Waals surface area contributed by atoms with Crippen molar-refractivity contribution in [1.82, 2.24) is 10.6 Å². The zero-order valence-corrected chi connectivity index (χ0v) is 16.3. The second kappa shape index (κ2) is 10.5. The fourth-order valence-corrected chi connectivity index (χ4v) is 3.06. The van der Waals surface area contributed by atoms with E-state index in [0.717, 1.165) is 5.56 Å². The fraction of sp³-hybridized carbons (Fsp3) is 0.273. The third-order valence-corrected chi connectivity index (χ3v) is 4.60. The van der Waals surface area contributed by atoms with Crippen LogP contribution in [0.15, 0.2) is 66.7 Å². The number of carbonyl (C=O) groups excluding carboxylic acids is 2. The molecule has 4 N–H and O–H groups in total. The molecule has 2 aromatic carbocycles. The van der Waals surface area contributed by atoms with Crippen molar-refractivity contribution in [3.05, 3.63) is 78.1 Å². The van der Waals surface area contributed by atoms with Gasteiger partial charge in [0.2, 0.25) is 5.91 Å². The van der Waals surface area contributed by atoms with Crippen molar-refractivity contribution < 1.29 is 23.8 Å². The van der Waals surface area contributed by atoms with E-state index in [9.17, 15) is 19.1 Å². The first-order chi connectivity index (χ1) is 14.5. The second-order valence-corrected chi connectivity index (χ2v) is 6.85. The van der Waals surface area contributed by atoms with Crippen LogP contribution in [0.3, 0.4) is 0 Å². The zero-order chi connectivity index (χ0) is 21.3. The summed E-state index contributed by atoms with van der Waals surface area (Å²) < 4.78 is 19.4. The second-order valence-electron chi connectivity index (χ2n) is 6.85. The van der Waals surface area contributed by atoms with Gasteiger partial charge in [0.25, 0.3) is 0 Å². The Morgan fingerprint density at radius 3 is 2.50 bits per heavy atom. The standard InChI is InChI=1S/C22H24FN3O4/c23-17-8-4-5-9-18(17)25-22(29)26-19-11-10-16(30-20(19)14-27)12-21(28)24-13-15-6-2-1-3-7-15/h1-11,16,19-20,27H,12-14H2,(H,24,28)(H2,25,26,29)/t16-,19-,20-/m0/s1. The number of carbonyl (C=O) groups is 2. The van der Waals surface area contributed by atoms with E-state index in [0.29, 0.717) is 6.54 Å². The maximum atomic E-state index is 13.7. The Morgan fingerprint density at radius 1 is 1.03 bits per heavy atom. The third kappa shape index (κ3) is 6.13. The average molecular weight is 413 g/mol. The van der Waals surface area contributed by atoms with Crippen molar-refractivity contribution in [2.75, 3.05) is 11.9 Å². The highest BCUT2D eigenvalue weighted by atomic mass is 19.1. The van der Waals surface area contributed by atoms with Gasteiger partial charge in [-0.3, -0.25) is 4.79 Å². The molecular formula is C22H24FN3O4. The van der Waals surface area contributed by atoms with Gasteiger partial charge in [-0.05, 0) is 17.7 Å². The summed E-state index contributed by atoms with van der Waals surface area (Å²) in [6, 6.07) is 14.1. The molecule has 0 aliphatic carbocycles. The summed E-state index contributed by atoms with van der Waals surface area (Å²) in [5.41, 5.74) is 1.04. The molecule has 1 heterocycles. The molecule has 158 valence electrons. The number of ether oxygens (including phenoxy) is 1. The van der Waals surface area contributed by atoms with Crippen molar-refractivity contribution in [2.24, 2.45) is 0 Å². The number of rotatable bonds is 7. The Bertz CT molecular complexity index is 891. The van der Waals surface area contributed by atoms with Crippen LogP contribution >= 0.6 is 0 Å². The Kier molecular flexibility index (Phi) is 7.53. The number of aliphatic hydroxyl groups excluding tert-OH is 1. The summed E-state index contributed by atoms with van der Waals surface area (Å²) in [5.74, 6) is -0.739. The number of nitrogens with one attached hydrogen (secondary N) is 3. The number of hydrogen-bond acceptors (Lipinski definition) is 4. The molecule has 0 fully saturated rings. The summed E-state index contributed by atoms with van der Waals surface area (Å²) in [6.45, 7) is 0.0665. The van der Waals surface area contributed by atoms with E-state index in [1.54, 1.807) is 18.2 Å². The van der Waals surface area contributed by atoms with Crippen molar-refractivity contribution in [2.45, 2.75) is 31.2 Å². The van der Waals surface area contributed by atoms with Crippen LogP contribution in [0.4, 0.5) is 14.9 Å². The molecule has 0 radical (unpaired) electrons. The predicted octanol–water partition coefficient (Wildman–Crippen LogP) is 2.34. The van der Waals surface area contributed by atoms with Gasteiger partial charge in [-0.15, -0.1) is 0 Å². The highest BCUT2D eigenvalue weighted by molar-refractivity contribution is 5.89. The lowest BCUT2D eigenvalue weighted by molar-refractivity contribution is -0.125. The summed E-state index contributed by atoms with van der Waals surface area (Å²) in [6.07, 6.45) is 2.18. The summed E-state index contributed by atoms with van der Waals surface area (Å²) >= 11 is 0. The summed E-state index contributed by atoms with van der Waals surface area (Å²) in [7, 11) is 0. The first kappa shape index (κ1) is 21.5. The van der Waals surface area contributed by atoms with E-state index in [2.05, 4.69) is 16.0 Å². The van der Waals surface area contributed by atoms with Crippen LogP contribution in [0.2, 0.25) is 0 Å². The zero-order valence-electron chi connectivity index (χ0n) is 16.3. The molecule has 0 aromatic heterocycles. The van der Waals surface area contributed by atoms with Gasteiger partial charge in [-0.1, -0.05) is 54.6 Å². The van der Waals surface area contributed by atoms with Crippen LogP contribution in [0.1, 0.15) is 12.0 Å². The van der Waals surface area contributed by atoms with Gasteiger partial charge in [0, 0.05) is 6.54 Å². The maximum Gasteiger partial charge on any atom is 0.319 e. The number of benzene rings is 2. The topological polar surface area (TPSA) is 99.7 Å². The van der Waals surface area contributed by atoms with E-state index in [-0.39, 0.29) is 24.6 Å². The molecule has 3 amide bonds. The molecule has 1 aliphatic rings. The van der Waals surface area contributed by atoms with Crippen molar-refractivity contribution in [3.63, 3.8) is 0 Å². The molecular weight excluding hydrogens is 389 g/mol. The maximum absolute atomic E-state index is 13.7. The van der Waals surface area contributed by atoms with Gasteiger partial charge < -0.3 is 25.8 Å². The molecule has 8 heteroatoms. The van der Waals surface area contributed by atoms with Crippen molar-refractivity contribution in [3.8, 4) is 0 Å². The van der Waals surface area contributed by atoms with E-state index < -0.39 is 30.1 Å². The SMILES string of the molecule is O=C(C[C@@H]1C=C[C@H](NC(=O)Nc2ccccc2F)[C@H](CO)O1)NCc1ccccc1. The van der Waals surface area contributed by atoms with Gasteiger partial charge >= 0.3 is 6.03 Å². The fourth-order valence-electron chi connectivity index (χ4n) is 3.06. The Balaban J connectivity index is 1.50. The highest BCUT2D eigenvalue weighted by Crippen LogP contribution is 2.17. The average Bonchev–Trinajstić information content (AvgIpc) is 2.75. The molecule has 3 atom stereocenters. The van der Waals surface area contributed by atoms with Gasteiger partial charge in [0.1, 0.15) is 11.9 Å². The van der Waals surface area contributed by atoms with Gasteiger partial charge in [-0.2, -0.15) is 0 Å². The minimum absolute atomic E-state index is 0.0456. The molecule has 0 bridgehead atoms. The largest absolute Gasteiger partial charge is 0.394 e. The Labute approximate surface area is 173 Å². The van der Waals surface area contributed by atoms with Gasteiger partial charge in [0.05, 0.1) is 30.9 Å². The lowest BCUT2D eigenvalue weighted by Crippen LogP contribution is -2.50. The van der Waals surface area contributed by atoms with Crippen LogP contribution in [-0.4, -0.2) is 41.9 Å². The minimum Gasteiger partial charge on any atom is -0.394 e. The summed E-state index contributed by atoms with van der Waals surface area (Å²) in [5, 5.41) is 17.5. The quantitative estimate of drug-likeness (QED) is 0.524. The monoisotopic (exact) mass is 413 g/mol. The molecule has 0 unspecified atom stereocenters. The molecule has 7 nitrogen and oxygen atoms in total. The molecule has 30 heavy (non-hydrogen) atoms. The lowest BCUT2D eigenvalue weighted by atomic mass is 10.0. The molecule has 0 saturated carbocycles. The highest BCUT2D eigenvalue weighted by Gasteiger charge is 2.29. The van der Waals surface area contributed by atoms with Gasteiger partial charge in [0.15, 0.2) is 0 Å². The Morgan fingerprint density at radius 2 is 1.77 bits per heavy atom. The van der Waals surface area contributed by atoms with Crippen LogP contribution < -0.4 is 16.0 Å². The number of urea groups is 1. The minimum atomic E-state index is -0.728.